The number of benzene rings is 1. The molecule has 0 bridgehead atoms. The smallest absolute Gasteiger partial charge is 0.140 e. The van der Waals surface area contributed by atoms with E-state index >= 15 is 0 Å². The van der Waals surface area contributed by atoms with Gasteiger partial charge in [-0.05, 0) is 43.7 Å². The molecule has 1 aromatic rings. The summed E-state index contributed by atoms with van der Waals surface area (Å²) in [7, 11) is 0. The summed E-state index contributed by atoms with van der Waals surface area (Å²) in [4.78, 5) is 12.6. The summed E-state index contributed by atoms with van der Waals surface area (Å²) in [5, 5.41) is 0. The van der Waals surface area contributed by atoms with E-state index in [9.17, 15) is 4.79 Å². The maximum atomic E-state index is 12.6. The van der Waals surface area contributed by atoms with Crippen molar-refractivity contribution in [2.24, 2.45) is 11.3 Å². The van der Waals surface area contributed by atoms with Gasteiger partial charge in [0, 0.05) is 24.2 Å². The van der Waals surface area contributed by atoms with Gasteiger partial charge in [0.25, 0.3) is 0 Å². The fourth-order valence-corrected chi connectivity index (χ4v) is 3.71. The van der Waals surface area contributed by atoms with Crippen LogP contribution in [0.15, 0.2) is 48.1 Å². The number of terminal acetylenes is 2. The second-order valence-electron chi connectivity index (χ2n) is 7.36. The SMILES string of the molecule is C#CCCC/C=C(C)/C=C(/C[C@]1(C)C(=O)CC[C@H]1C#C)c1ccccc1. The Kier molecular flexibility index (Phi) is 7.06. The number of carbonyl (C=O) groups excluding carboxylic acids is 1. The summed E-state index contributed by atoms with van der Waals surface area (Å²) in [6, 6.07) is 10.3. The van der Waals surface area contributed by atoms with Crippen LogP contribution in [0.1, 0.15) is 57.9 Å². The number of ketones is 1. The Balaban J connectivity index is 2.31. The lowest BCUT2D eigenvalue weighted by atomic mass is 9.73. The molecule has 2 rings (SSSR count). The van der Waals surface area contributed by atoms with E-state index in [-0.39, 0.29) is 11.7 Å². The molecule has 0 amide bonds. The molecule has 0 heterocycles. The lowest BCUT2D eigenvalue weighted by Crippen LogP contribution is -2.28. The first-order valence-corrected chi connectivity index (χ1v) is 9.37. The van der Waals surface area contributed by atoms with Gasteiger partial charge in [-0.15, -0.1) is 24.7 Å². The zero-order chi connectivity index (χ0) is 19.0. The van der Waals surface area contributed by atoms with E-state index in [0.29, 0.717) is 12.8 Å². The van der Waals surface area contributed by atoms with E-state index in [0.717, 1.165) is 31.2 Å². The molecule has 1 heteroatoms. The molecule has 0 radical (unpaired) electrons. The fourth-order valence-electron chi connectivity index (χ4n) is 3.71. The van der Waals surface area contributed by atoms with Gasteiger partial charge in [0.15, 0.2) is 0 Å². The van der Waals surface area contributed by atoms with Crippen LogP contribution in [0.25, 0.3) is 5.57 Å². The van der Waals surface area contributed by atoms with Crippen LogP contribution < -0.4 is 0 Å². The lowest BCUT2D eigenvalue weighted by Gasteiger charge is -2.28. The summed E-state index contributed by atoms with van der Waals surface area (Å²) in [5.74, 6) is 5.84. The van der Waals surface area contributed by atoms with Crippen LogP contribution >= 0.6 is 0 Å². The van der Waals surface area contributed by atoms with E-state index in [1.54, 1.807) is 0 Å². The van der Waals surface area contributed by atoms with E-state index in [2.05, 4.69) is 43.0 Å². The summed E-state index contributed by atoms with van der Waals surface area (Å²) in [6.45, 7) is 4.14. The van der Waals surface area contributed by atoms with Crippen LogP contribution in [-0.2, 0) is 4.79 Å². The van der Waals surface area contributed by atoms with Crippen molar-refractivity contribution in [3.63, 3.8) is 0 Å². The van der Waals surface area contributed by atoms with Gasteiger partial charge in [0.2, 0.25) is 0 Å². The first-order chi connectivity index (χ1) is 12.5. The topological polar surface area (TPSA) is 17.1 Å². The molecule has 1 aromatic carbocycles. The summed E-state index contributed by atoms with van der Waals surface area (Å²) in [5.41, 5.74) is 3.06. The standard InChI is InChI=1S/C25H28O/c1-5-7-8-10-13-20(3)18-22(21-14-11-9-12-15-21)19-25(4)23(6-2)16-17-24(25)26/h1-2,9,11-15,18,23H,7-8,10,16-17,19H2,3-4H3/b20-13+,22-18-/t23-,25+/m1/s1. The quantitative estimate of drug-likeness (QED) is 0.345. The normalized spacial score (nSPS) is 23.5. The number of hydrogen-bond donors (Lipinski definition) is 0. The average molecular weight is 344 g/mol. The van der Waals surface area contributed by atoms with Gasteiger partial charge in [-0.3, -0.25) is 4.79 Å². The van der Waals surface area contributed by atoms with Crippen molar-refractivity contribution >= 4 is 11.4 Å². The molecular weight excluding hydrogens is 316 g/mol. The Morgan fingerprint density at radius 1 is 1.31 bits per heavy atom. The van der Waals surface area contributed by atoms with Crippen LogP contribution in [0.3, 0.4) is 0 Å². The highest BCUT2D eigenvalue weighted by Gasteiger charge is 2.45. The first-order valence-electron chi connectivity index (χ1n) is 9.37. The van der Waals surface area contributed by atoms with Gasteiger partial charge in [-0.1, -0.05) is 55.0 Å². The van der Waals surface area contributed by atoms with Crippen molar-refractivity contribution in [3.05, 3.63) is 53.6 Å². The van der Waals surface area contributed by atoms with Crippen LogP contribution in [0, 0.1) is 36.0 Å². The third kappa shape index (κ3) is 4.77. The summed E-state index contributed by atoms with van der Waals surface area (Å²) < 4.78 is 0. The van der Waals surface area contributed by atoms with Crippen molar-refractivity contribution in [1.82, 2.24) is 0 Å². The molecule has 0 N–H and O–H groups in total. The lowest BCUT2D eigenvalue weighted by molar-refractivity contribution is -0.125. The fraction of sp³-hybridized carbons (Fsp3) is 0.400. The van der Waals surface area contributed by atoms with Crippen molar-refractivity contribution in [2.75, 3.05) is 0 Å². The Hall–Kier alpha value is -2.51. The molecule has 1 fully saturated rings. The number of unbranched alkanes of at least 4 members (excludes halogenated alkanes) is 2. The van der Waals surface area contributed by atoms with Crippen molar-refractivity contribution in [3.8, 4) is 24.7 Å². The van der Waals surface area contributed by atoms with Crippen molar-refractivity contribution in [2.45, 2.75) is 52.4 Å². The van der Waals surface area contributed by atoms with E-state index < -0.39 is 5.41 Å². The minimum absolute atomic E-state index is 0.0158. The highest BCUT2D eigenvalue weighted by atomic mass is 16.1. The molecule has 2 atom stereocenters. The van der Waals surface area contributed by atoms with Crippen LogP contribution in [0.5, 0.6) is 0 Å². The molecule has 1 aliphatic carbocycles. The van der Waals surface area contributed by atoms with Gasteiger partial charge >= 0.3 is 0 Å². The molecule has 0 aromatic heterocycles. The van der Waals surface area contributed by atoms with Gasteiger partial charge in [0.1, 0.15) is 5.78 Å². The zero-order valence-corrected chi connectivity index (χ0v) is 15.9. The first kappa shape index (κ1) is 19.8. The highest BCUT2D eigenvalue weighted by Crippen LogP contribution is 2.46. The number of Topliss-reactive ketones (excluding diaryl/α,β-unsaturated/α-hetero) is 1. The third-order valence-corrected chi connectivity index (χ3v) is 5.36. The van der Waals surface area contributed by atoms with Gasteiger partial charge in [-0.25, -0.2) is 0 Å². The van der Waals surface area contributed by atoms with Gasteiger partial charge in [-0.2, -0.15) is 0 Å². The predicted molar refractivity (Wildman–Crippen MR) is 110 cm³/mol. The maximum Gasteiger partial charge on any atom is 0.140 e. The van der Waals surface area contributed by atoms with E-state index in [1.807, 2.05) is 25.1 Å². The molecule has 1 nitrogen and oxygen atoms in total. The Morgan fingerprint density at radius 2 is 2.04 bits per heavy atom. The van der Waals surface area contributed by atoms with Crippen LogP contribution in [0.4, 0.5) is 0 Å². The van der Waals surface area contributed by atoms with E-state index in [4.69, 9.17) is 12.8 Å². The molecule has 0 aliphatic heterocycles. The second-order valence-corrected chi connectivity index (χ2v) is 7.36. The number of carbonyl (C=O) groups is 1. The molecule has 1 aliphatic rings. The molecule has 26 heavy (non-hydrogen) atoms. The largest absolute Gasteiger partial charge is 0.299 e. The predicted octanol–water partition coefficient (Wildman–Crippen LogP) is 5.83. The van der Waals surface area contributed by atoms with Crippen LogP contribution in [0.2, 0.25) is 0 Å². The van der Waals surface area contributed by atoms with Crippen LogP contribution in [-0.4, -0.2) is 5.78 Å². The van der Waals surface area contributed by atoms with Gasteiger partial charge in [0.05, 0.1) is 0 Å². The molecule has 0 spiro atoms. The average Bonchev–Trinajstić information content (AvgIpc) is 2.93. The molecule has 1 saturated carbocycles. The second kappa shape index (κ2) is 9.26. The molecular formula is C25H28O. The molecule has 0 saturated heterocycles. The maximum absolute atomic E-state index is 12.6. The highest BCUT2D eigenvalue weighted by molar-refractivity contribution is 5.89. The molecule has 0 unspecified atom stereocenters. The summed E-state index contributed by atoms with van der Waals surface area (Å²) in [6.07, 6.45) is 20.3. The zero-order valence-electron chi connectivity index (χ0n) is 15.9. The van der Waals surface area contributed by atoms with Crippen molar-refractivity contribution < 1.29 is 4.79 Å². The Labute approximate surface area is 158 Å². The third-order valence-electron chi connectivity index (χ3n) is 5.36. The Bertz CT molecular complexity index is 767. The Morgan fingerprint density at radius 3 is 2.69 bits per heavy atom. The number of hydrogen-bond acceptors (Lipinski definition) is 1. The number of allylic oxidation sites excluding steroid dienone is 4. The monoisotopic (exact) mass is 344 g/mol. The van der Waals surface area contributed by atoms with Gasteiger partial charge < -0.3 is 0 Å². The van der Waals surface area contributed by atoms with E-state index in [1.165, 1.54) is 11.1 Å². The minimum atomic E-state index is -0.472. The number of rotatable bonds is 7. The van der Waals surface area contributed by atoms with Crippen molar-refractivity contribution in [1.29, 1.82) is 0 Å². The molecule has 134 valence electrons. The minimum Gasteiger partial charge on any atom is -0.299 e. The summed E-state index contributed by atoms with van der Waals surface area (Å²) >= 11 is 0.